The first kappa shape index (κ1) is 22.9. The fourth-order valence-electron chi connectivity index (χ4n) is 4.25. The molecule has 2 aliphatic rings. The van der Waals surface area contributed by atoms with Gasteiger partial charge in [-0.25, -0.2) is 0 Å². The van der Waals surface area contributed by atoms with Crippen LogP contribution in [0.5, 0.6) is 5.75 Å². The Kier molecular flexibility index (Phi) is 9.27. The Hall–Kier alpha value is -1.79. The number of nitrogens with one attached hydrogen (secondary N) is 1. The molecule has 0 radical (unpaired) electrons. The quantitative estimate of drug-likeness (QED) is 0.515. The Morgan fingerprint density at radius 1 is 1.20 bits per heavy atom. The predicted octanol–water partition coefficient (Wildman–Crippen LogP) is 3.81. The van der Waals surface area contributed by atoms with Crippen LogP contribution in [0, 0.1) is 0 Å². The van der Waals surface area contributed by atoms with Crippen molar-refractivity contribution in [3.05, 3.63) is 29.8 Å². The molecule has 1 aromatic carbocycles. The summed E-state index contributed by atoms with van der Waals surface area (Å²) in [5.41, 5.74) is 1.34. The highest BCUT2D eigenvalue weighted by Crippen LogP contribution is 2.22. The third-order valence-corrected chi connectivity index (χ3v) is 6.29. The Bertz CT molecular complexity index is 636. The Morgan fingerprint density at radius 2 is 1.97 bits per heavy atom. The Labute approximate surface area is 182 Å². The number of guanidine groups is 1. The van der Waals surface area contributed by atoms with E-state index in [1.165, 1.54) is 18.4 Å². The predicted molar refractivity (Wildman–Crippen MR) is 122 cm³/mol. The molecular weight excluding hydrogens is 378 g/mol. The first-order valence-corrected chi connectivity index (χ1v) is 11.5. The number of aliphatic imine (C=N–C) groups is 1. The van der Waals surface area contributed by atoms with Crippen molar-refractivity contribution < 1.29 is 14.2 Å². The van der Waals surface area contributed by atoms with E-state index in [1.54, 1.807) is 7.11 Å². The lowest BCUT2D eigenvalue weighted by atomic mass is 9.98. The van der Waals surface area contributed by atoms with E-state index in [1.807, 2.05) is 19.2 Å². The minimum Gasteiger partial charge on any atom is -0.497 e. The van der Waals surface area contributed by atoms with Crippen molar-refractivity contribution in [1.29, 1.82) is 0 Å². The van der Waals surface area contributed by atoms with E-state index in [0.717, 1.165) is 70.2 Å². The van der Waals surface area contributed by atoms with E-state index >= 15 is 0 Å². The van der Waals surface area contributed by atoms with Crippen molar-refractivity contribution in [3.8, 4) is 5.75 Å². The first-order chi connectivity index (χ1) is 14.7. The van der Waals surface area contributed by atoms with Gasteiger partial charge in [-0.1, -0.05) is 19.1 Å². The van der Waals surface area contributed by atoms with Crippen molar-refractivity contribution in [2.45, 2.75) is 63.6 Å². The zero-order valence-corrected chi connectivity index (χ0v) is 18.9. The number of hydrogen-bond acceptors (Lipinski definition) is 4. The number of methoxy groups -OCH3 is 1. The molecule has 2 unspecified atom stereocenters. The molecule has 2 saturated heterocycles. The van der Waals surface area contributed by atoms with Crippen molar-refractivity contribution in [3.63, 3.8) is 0 Å². The number of rotatable bonds is 8. The van der Waals surface area contributed by atoms with E-state index < -0.39 is 0 Å². The van der Waals surface area contributed by atoms with Crippen LogP contribution in [0.3, 0.4) is 0 Å². The van der Waals surface area contributed by atoms with Gasteiger partial charge in [0.1, 0.15) is 5.75 Å². The molecule has 2 fully saturated rings. The average Bonchev–Trinajstić information content (AvgIpc) is 2.81. The lowest BCUT2D eigenvalue weighted by molar-refractivity contribution is -0.0721. The maximum absolute atomic E-state index is 6.14. The summed E-state index contributed by atoms with van der Waals surface area (Å²) in [6, 6.07) is 8.37. The number of nitrogens with zero attached hydrogens (tertiary/aromatic N) is 2. The van der Waals surface area contributed by atoms with Gasteiger partial charge in [-0.2, -0.15) is 0 Å². The van der Waals surface area contributed by atoms with Crippen LogP contribution in [-0.2, 0) is 9.47 Å². The third-order valence-electron chi connectivity index (χ3n) is 6.29. The second-order valence-electron chi connectivity index (χ2n) is 8.45. The van der Waals surface area contributed by atoms with Crippen LogP contribution in [0.4, 0.5) is 0 Å². The van der Waals surface area contributed by atoms with Crippen molar-refractivity contribution >= 4 is 5.96 Å². The molecule has 0 saturated carbocycles. The molecule has 1 N–H and O–H groups in total. The minimum absolute atomic E-state index is 0.305. The van der Waals surface area contributed by atoms with Crippen molar-refractivity contribution in [1.82, 2.24) is 10.2 Å². The minimum atomic E-state index is 0.305. The molecule has 0 spiro atoms. The van der Waals surface area contributed by atoms with E-state index in [4.69, 9.17) is 14.2 Å². The normalized spacial score (nSPS) is 22.0. The van der Waals surface area contributed by atoms with Gasteiger partial charge in [0, 0.05) is 33.3 Å². The fraction of sp³-hybridized carbons (Fsp3) is 0.708. The monoisotopic (exact) mass is 417 g/mol. The third kappa shape index (κ3) is 6.88. The standard InChI is InChI=1S/C24H39N3O3/c1-19(20-7-9-21(28-3)10-8-20)11-14-26-24(25-2)27-15-12-22(13-16-27)30-18-23-6-4-5-17-29-23/h7-10,19,22-23H,4-6,11-18H2,1-3H3,(H,25,26). The van der Waals surface area contributed by atoms with Crippen LogP contribution in [0.15, 0.2) is 29.3 Å². The van der Waals surface area contributed by atoms with Crippen LogP contribution in [-0.4, -0.2) is 70.1 Å². The highest BCUT2D eigenvalue weighted by Gasteiger charge is 2.23. The lowest BCUT2D eigenvalue weighted by Crippen LogP contribution is -2.47. The summed E-state index contributed by atoms with van der Waals surface area (Å²) in [6.45, 7) is 6.81. The van der Waals surface area contributed by atoms with Gasteiger partial charge in [0.15, 0.2) is 5.96 Å². The Balaban J connectivity index is 1.34. The molecule has 3 rings (SSSR count). The van der Waals surface area contributed by atoms with Gasteiger partial charge < -0.3 is 24.4 Å². The van der Waals surface area contributed by atoms with E-state index in [2.05, 4.69) is 34.3 Å². The zero-order valence-electron chi connectivity index (χ0n) is 18.9. The molecule has 0 aliphatic carbocycles. The number of ether oxygens (including phenoxy) is 3. The topological polar surface area (TPSA) is 55.3 Å². The van der Waals surface area contributed by atoms with Gasteiger partial charge in [0.25, 0.3) is 0 Å². The van der Waals surface area contributed by atoms with Gasteiger partial charge in [0.2, 0.25) is 0 Å². The van der Waals surface area contributed by atoms with Gasteiger partial charge in [-0.05, 0) is 62.1 Å². The van der Waals surface area contributed by atoms with E-state index in [0.29, 0.717) is 18.1 Å². The van der Waals surface area contributed by atoms with Crippen LogP contribution in [0.2, 0.25) is 0 Å². The number of benzene rings is 1. The highest BCUT2D eigenvalue weighted by atomic mass is 16.5. The van der Waals surface area contributed by atoms with Crippen LogP contribution < -0.4 is 10.1 Å². The summed E-state index contributed by atoms with van der Waals surface area (Å²) < 4.78 is 17.2. The highest BCUT2D eigenvalue weighted by molar-refractivity contribution is 5.79. The molecule has 0 aromatic heterocycles. The second-order valence-corrected chi connectivity index (χ2v) is 8.45. The number of hydrogen-bond donors (Lipinski definition) is 1. The summed E-state index contributed by atoms with van der Waals surface area (Å²) in [5, 5.41) is 3.55. The van der Waals surface area contributed by atoms with Crippen molar-refractivity contribution in [2.24, 2.45) is 4.99 Å². The molecule has 6 heteroatoms. The molecule has 30 heavy (non-hydrogen) atoms. The fourth-order valence-corrected chi connectivity index (χ4v) is 4.25. The van der Waals surface area contributed by atoms with Gasteiger partial charge in [-0.3, -0.25) is 4.99 Å². The molecule has 0 bridgehead atoms. The molecule has 2 atom stereocenters. The van der Waals surface area contributed by atoms with Crippen LogP contribution in [0.1, 0.15) is 56.9 Å². The largest absolute Gasteiger partial charge is 0.497 e. The maximum atomic E-state index is 6.14. The van der Waals surface area contributed by atoms with Crippen molar-refractivity contribution in [2.75, 3.05) is 47.0 Å². The molecule has 2 aliphatic heterocycles. The first-order valence-electron chi connectivity index (χ1n) is 11.5. The average molecular weight is 418 g/mol. The summed E-state index contributed by atoms with van der Waals surface area (Å²) in [4.78, 5) is 6.86. The molecule has 2 heterocycles. The zero-order chi connectivity index (χ0) is 21.2. The molecular formula is C24H39N3O3. The summed E-state index contributed by atoms with van der Waals surface area (Å²) in [7, 11) is 3.58. The van der Waals surface area contributed by atoms with Crippen LogP contribution in [0.25, 0.3) is 0 Å². The lowest BCUT2D eigenvalue weighted by Gasteiger charge is -2.35. The number of likely N-dealkylation sites (tertiary alicyclic amines) is 1. The SMILES string of the molecule is CN=C(NCCC(C)c1ccc(OC)cc1)N1CCC(OCC2CCCCO2)CC1. The molecule has 168 valence electrons. The second kappa shape index (κ2) is 12.2. The summed E-state index contributed by atoms with van der Waals surface area (Å²) in [6.07, 6.45) is 7.42. The maximum Gasteiger partial charge on any atom is 0.193 e. The van der Waals surface area contributed by atoms with Gasteiger partial charge >= 0.3 is 0 Å². The summed E-state index contributed by atoms with van der Waals surface area (Å²) in [5.74, 6) is 2.40. The molecule has 0 amide bonds. The molecule has 6 nitrogen and oxygen atoms in total. The van der Waals surface area contributed by atoms with Gasteiger partial charge in [-0.15, -0.1) is 0 Å². The van der Waals surface area contributed by atoms with Gasteiger partial charge in [0.05, 0.1) is 25.9 Å². The van der Waals surface area contributed by atoms with E-state index in [-0.39, 0.29) is 0 Å². The smallest absolute Gasteiger partial charge is 0.193 e. The Morgan fingerprint density at radius 3 is 2.60 bits per heavy atom. The number of piperidine rings is 1. The van der Waals surface area contributed by atoms with E-state index in [9.17, 15) is 0 Å². The van der Waals surface area contributed by atoms with Crippen LogP contribution >= 0.6 is 0 Å². The summed E-state index contributed by atoms with van der Waals surface area (Å²) >= 11 is 0. The molecule has 1 aromatic rings.